The summed E-state index contributed by atoms with van der Waals surface area (Å²) in [6.07, 6.45) is 1.48. The van der Waals surface area contributed by atoms with E-state index in [0.717, 1.165) is 6.42 Å². The normalized spacial score (nSPS) is 12.3. The summed E-state index contributed by atoms with van der Waals surface area (Å²) in [7, 11) is 0. The van der Waals surface area contributed by atoms with Gasteiger partial charge >= 0.3 is 0 Å². The average molecular weight is 241 g/mol. The molecule has 18 heavy (non-hydrogen) atoms. The van der Waals surface area contributed by atoms with Crippen molar-refractivity contribution in [3.05, 3.63) is 48.0 Å². The molecule has 2 aromatic carbocycles. The van der Waals surface area contributed by atoms with E-state index in [2.05, 4.69) is 29.6 Å². The Labute approximate surface area is 108 Å². The smallest absolute Gasteiger partial charge is 0.220 e. The van der Waals surface area contributed by atoms with Crippen molar-refractivity contribution < 1.29 is 4.79 Å². The maximum atomic E-state index is 11.7. The van der Waals surface area contributed by atoms with Gasteiger partial charge in [-0.05, 0) is 29.7 Å². The molecule has 1 N–H and O–H groups in total. The van der Waals surface area contributed by atoms with Crippen molar-refractivity contribution >= 4 is 16.7 Å². The molecule has 1 atom stereocenters. The second kappa shape index (κ2) is 5.67. The van der Waals surface area contributed by atoms with E-state index in [-0.39, 0.29) is 11.9 Å². The third-order valence-electron chi connectivity index (χ3n) is 3.14. The highest BCUT2D eigenvalue weighted by Gasteiger charge is 2.11. The highest BCUT2D eigenvalue weighted by atomic mass is 16.1. The predicted molar refractivity (Wildman–Crippen MR) is 75.4 cm³/mol. The Hall–Kier alpha value is -1.83. The minimum absolute atomic E-state index is 0.0511. The third kappa shape index (κ3) is 2.70. The van der Waals surface area contributed by atoms with Crippen LogP contribution in [0.15, 0.2) is 42.5 Å². The standard InChI is InChI=1S/C16H19NO/c1-3-7-16(18)17-12(2)14-11-6-9-13-8-4-5-10-15(13)14/h4-6,8-12H,3,7H2,1-2H3,(H,17,18)/t12-/m0/s1. The summed E-state index contributed by atoms with van der Waals surface area (Å²) in [5.41, 5.74) is 1.18. The van der Waals surface area contributed by atoms with Crippen molar-refractivity contribution in [2.75, 3.05) is 0 Å². The van der Waals surface area contributed by atoms with Crippen LogP contribution in [-0.4, -0.2) is 5.91 Å². The van der Waals surface area contributed by atoms with Crippen molar-refractivity contribution in [2.45, 2.75) is 32.7 Å². The number of rotatable bonds is 4. The highest BCUT2D eigenvalue weighted by Crippen LogP contribution is 2.23. The van der Waals surface area contributed by atoms with Crippen molar-refractivity contribution in [2.24, 2.45) is 0 Å². The second-order valence-corrected chi connectivity index (χ2v) is 4.61. The molecule has 0 saturated carbocycles. The largest absolute Gasteiger partial charge is 0.350 e. The maximum absolute atomic E-state index is 11.7. The first-order valence-electron chi connectivity index (χ1n) is 6.49. The van der Waals surface area contributed by atoms with Gasteiger partial charge < -0.3 is 5.32 Å². The summed E-state index contributed by atoms with van der Waals surface area (Å²) >= 11 is 0. The van der Waals surface area contributed by atoms with Crippen molar-refractivity contribution in [3.8, 4) is 0 Å². The van der Waals surface area contributed by atoms with E-state index in [4.69, 9.17) is 0 Å². The van der Waals surface area contributed by atoms with Crippen LogP contribution in [0.4, 0.5) is 0 Å². The summed E-state index contributed by atoms with van der Waals surface area (Å²) in [5, 5.41) is 5.48. The zero-order valence-corrected chi connectivity index (χ0v) is 10.9. The molecule has 0 aliphatic carbocycles. The average Bonchev–Trinajstić information content (AvgIpc) is 2.38. The first-order chi connectivity index (χ1) is 8.72. The Morgan fingerprint density at radius 3 is 2.67 bits per heavy atom. The molecule has 0 fully saturated rings. The van der Waals surface area contributed by atoms with E-state index in [0.29, 0.717) is 6.42 Å². The maximum Gasteiger partial charge on any atom is 0.220 e. The Kier molecular flexibility index (Phi) is 3.98. The number of nitrogens with one attached hydrogen (secondary N) is 1. The van der Waals surface area contributed by atoms with Crippen LogP contribution < -0.4 is 5.32 Å². The van der Waals surface area contributed by atoms with Crippen LogP contribution in [0.1, 0.15) is 38.3 Å². The molecule has 0 aliphatic heterocycles. The minimum atomic E-state index is 0.0511. The molecule has 0 aliphatic rings. The SMILES string of the molecule is CCCC(=O)N[C@@H](C)c1cccc2ccccc12. The Balaban J connectivity index is 2.27. The van der Waals surface area contributed by atoms with Crippen LogP contribution in [0.2, 0.25) is 0 Å². The van der Waals surface area contributed by atoms with Gasteiger partial charge in [0.2, 0.25) is 5.91 Å². The number of hydrogen-bond acceptors (Lipinski definition) is 1. The topological polar surface area (TPSA) is 29.1 Å². The van der Waals surface area contributed by atoms with E-state index in [1.807, 2.05) is 32.0 Å². The predicted octanol–water partition coefficient (Wildman–Crippen LogP) is 3.82. The molecular weight excluding hydrogens is 222 g/mol. The van der Waals surface area contributed by atoms with E-state index in [1.54, 1.807) is 0 Å². The lowest BCUT2D eigenvalue weighted by atomic mass is 9.99. The summed E-state index contributed by atoms with van der Waals surface area (Å²) in [5.74, 6) is 0.123. The van der Waals surface area contributed by atoms with Gasteiger partial charge in [0, 0.05) is 6.42 Å². The minimum Gasteiger partial charge on any atom is -0.350 e. The van der Waals surface area contributed by atoms with Gasteiger partial charge in [-0.2, -0.15) is 0 Å². The summed E-state index contributed by atoms with van der Waals surface area (Å²) in [4.78, 5) is 11.7. The summed E-state index contributed by atoms with van der Waals surface area (Å²) in [6, 6.07) is 14.5. The number of carbonyl (C=O) groups is 1. The van der Waals surface area contributed by atoms with Crippen LogP contribution >= 0.6 is 0 Å². The first kappa shape index (κ1) is 12.6. The number of carbonyl (C=O) groups excluding carboxylic acids is 1. The zero-order valence-electron chi connectivity index (χ0n) is 10.9. The molecule has 2 rings (SSSR count). The monoisotopic (exact) mass is 241 g/mol. The van der Waals surface area contributed by atoms with Crippen molar-refractivity contribution in [1.82, 2.24) is 5.32 Å². The lowest BCUT2D eigenvalue weighted by molar-refractivity contribution is -0.121. The lowest BCUT2D eigenvalue weighted by Crippen LogP contribution is -2.26. The number of benzene rings is 2. The molecular formula is C16H19NO. The Morgan fingerprint density at radius 1 is 1.17 bits per heavy atom. The van der Waals surface area contributed by atoms with Gasteiger partial charge in [-0.25, -0.2) is 0 Å². The molecule has 1 amide bonds. The molecule has 0 unspecified atom stereocenters. The van der Waals surface area contributed by atoms with E-state index >= 15 is 0 Å². The van der Waals surface area contributed by atoms with Crippen LogP contribution in [0.3, 0.4) is 0 Å². The van der Waals surface area contributed by atoms with Gasteiger partial charge in [0.15, 0.2) is 0 Å². The van der Waals surface area contributed by atoms with E-state index < -0.39 is 0 Å². The first-order valence-corrected chi connectivity index (χ1v) is 6.49. The van der Waals surface area contributed by atoms with E-state index in [9.17, 15) is 4.79 Å². The van der Waals surface area contributed by atoms with Crippen LogP contribution in [0.25, 0.3) is 10.8 Å². The van der Waals surface area contributed by atoms with E-state index in [1.165, 1.54) is 16.3 Å². The molecule has 0 bridgehead atoms. The van der Waals surface area contributed by atoms with Gasteiger partial charge in [-0.3, -0.25) is 4.79 Å². The van der Waals surface area contributed by atoms with Crippen LogP contribution in [0.5, 0.6) is 0 Å². The lowest BCUT2D eigenvalue weighted by Gasteiger charge is -2.16. The van der Waals surface area contributed by atoms with Crippen LogP contribution in [0, 0.1) is 0 Å². The van der Waals surface area contributed by atoms with Gasteiger partial charge in [-0.15, -0.1) is 0 Å². The molecule has 2 heteroatoms. The molecule has 2 aromatic rings. The van der Waals surface area contributed by atoms with Gasteiger partial charge in [0.1, 0.15) is 0 Å². The van der Waals surface area contributed by atoms with Gasteiger partial charge in [-0.1, -0.05) is 49.4 Å². The Bertz CT molecular complexity index is 542. The van der Waals surface area contributed by atoms with Crippen LogP contribution in [-0.2, 0) is 4.79 Å². The summed E-state index contributed by atoms with van der Waals surface area (Å²) < 4.78 is 0. The van der Waals surface area contributed by atoms with Gasteiger partial charge in [0.05, 0.1) is 6.04 Å². The van der Waals surface area contributed by atoms with Crippen molar-refractivity contribution in [3.63, 3.8) is 0 Å². The summed E-state index contributed by atoms with van der Waals surface area (Å²) in [6.45, 7) is 4.05. The quantitative estimate of drug-likeness (QED) is 0.866. The molecule has 0 spiro atoms. The molecule has 2 nitrogen and oxygen atoms in total. The third-order valence-corrected chi connectivity index (χ3v) is 3.14. The molecule has 0 radical (unpaired) electrons. The molecule has 0 aromatic heterocycles. The fourth-order valence-electron chi connectivity index (χ4n) is 2.25. The molecule has 0 heterocycles. The Morgan fingerprint density at radius 2 is 1.89 bits per heavy atom. The molecule has 94 valence electrons. The fourth-order valence-corrected chi connectivity index (χ4v) is 2.25. The fraction of sp³-hybridized carbons (Fsp3) is 0.312. The number of hydrogen-bond donors (Lipinski definition) is 1. The second-order valence-electron chi connectivity index (χ2n) is 4.61. The molecule has 0 saturated heterocycles. The number of amides is 1. The van der Waals surface area contributed by atoms with Gasteiger partial charge in [0.25, 0.3) is 0 Å². The zero-order chi connectivity index (χ0) is 13.0. The highest BCUT2D eigenvalue weighted by molar-refractivity contribution is 5.86. The van der Waals surface area contributed by atoms with Crippen molar-refractivity contribution in [1.29, 1.82) is 0 Å². The number of fused-ring (bicyclic) bond motifs is 1.